The van der Waals surface area contributed by atoms with Crippen molar-refractivity contribution in [3.8, 4) is 0 Å². The van der Waals surface area contributed by atoms with Crippen LogP contribution in [-0.2, 0) is 4.79 Å². The molecule has 0 saturated heterocycles. The second kappa shape index (κ2) is 4.32. The van der Waals surface area contributed by atoms with Crippen LogP contribution in [0.15, 0.2) is 0 Å². The number of amides is 1. The van der Waals surface area contributed by atoms with Crippen LogP contribution in [0.5, 0.6) is 0 Å². The number of carbonyl (C=O) groups is 1. The van der Waals surface area contributed by atoms with Gasteiger partial charge in [-0.25, -0.2) is 0 Å². The van der Waals surface area contributed by atoms with Gasteiger partial charge in [0.05, 0.1) is 0 Å². The van der Waals surface area contributed by atoms with E-state index in [-0.39, 0.29) is 5.91 Å². The normalized spacial score (nSPS) is 37.7. The van der Waals surface area contributed by atoms with Gasteiger partial charge in [0.25, 0.3) is 0 Å². The average Bonchev–Trinajstić information content (AvgIpc) is 2.78. The van der Waals surface area contributed by atoms with E-state index in [0.717, 1.165) is 11.8 Å². The van der Waals surface area contributed by atoms with Gasteiger partial charge in [0.1, 0.15) is 5.38 Å². The molecule has 2 bridgehead atoms. The molecule has 1 amide bonds. The number of hydrogen-bond donors (Lipinski definition) is 1. The lowest BCUT2D eigenvalue weighted by Crippen LogP contribution is -2.42. The summed E-state index contributed by atoms with van der Waals surface area (Å²) in [5.41, 5.74) is 0. The summed E-state index contributed by atoms with van der Waals surface area (Å²) >= 11 is 5.75. The Hall–Kier alpha value is -0.240. The first kappa shape index (κ1) is 11.3. The van der Waals surface area contributed by atoms with Crippen LogP contribution in [-0.4, -0.2) is 17.3 Å². The monoisotopic (exact) mass is 229 g/mol. The largest absolute Gasteiger partial charge is 0.352 e. The number of nitrogens with one attached hydrogen (secondary N) is 1. The molecule has 3 heteroatoms. The van der Waals surface area contributed by atoms with Crippen molar-refractivity contribution >= 4 is 17.5 Å². The Labute approximate surface area is 96.8 Å². The molecule has 0 spiro atoms. The minimum Gasteiger partial charge on any atom is -0.352 e. The maximum Gasteiger partial charge on any atom is 0.237 e. The van der Waals surface area contributed by atoms with E-state index in [4.69, 9.17) is 11.6 Å². The third-order valence-electron chi connectivity index (χ3n) is 4.17. The van der Waals surface area contributed by atoms with Crippen LogP contribution in [0.1, 0.15) is 39.5 Å². The maximum absolute atomic E-state index is 11.5. The molecule has 0 aromatic heterocycles. The first-order valence-corrected chi connectivity index (χ1v) is 6.46. The van der Waals surface area contributed by atoms with Crippen LogP contribution < -0.4 is 5.32 Å². The van der Waals surface area contributed by atoms with Crippen LogP contribution in [0.4, 0.5) is 0 Å². The van der Waals surface area contributed by atoms with E-state index in [2.05, 4.69) is 12.2 Å². The van der Waals surface area contributed by atoms with Crippen molar-refractivity contribution < 1.29 is 4.79 Å². The van der Waals surface area contributed by atoms with Gasteiger partial charge in [-0.15, -0.1) is 11.6 Å². The molecule has 2 nitrogen and oxygen atoms in total. The lowest BCUT2D eigenvalue weighted by atomic mass is 9.84. The second-order valence-electron chi connectivity index (χ2n) is 5.25. The summed E-state index contributed by atoms with van der Waals surface area (Å²) in [4.78, 5) is 11.5. The zero-order valence-electron chi connectivity index (χ0n) is 9.50. The van der Waals surface area contributed by atoms with Crippen molar-refractivity contribution in [2.24, 2.45) is 17.8 Å². The van der Waals surface area contributed by atoms with Gasteiger partial charge in [-0.1, -0.05) is 6.42 Å². The topological polar surface area (TPSA) is 29.1 Å². The Kier molecular flexibility index (Phi) is 3.24. The number of halogens is 1. The number of fused-ring (bicyclic) bond motifs is 2. The van der Waals surface area contributed by atoms with Crippen LogP contribution in [0, 0.1) is 17.8 Å². The number of rotatable bonds is 3. The molecule has 0 aromatic rings. The van der Waals surface area contributed by atoms with Crippen molar-refractivity contribution in [3.63, 3.8) is 0 Å². The van der Waals surface area contributed by atoms with Crippen LogP contribution in [0.25, 0.3) is 0 Å². The van der Waals surface area contributed by atoms with E-state index >= 15 is 0 Å². The summed E-state index contributed by atoms with van der Waals surface area (Å²) in [6.07, 6.45) is 5.48. The van der Waals surface area contributed by atoms with E-state index in [1.165, 1.54) is 25.7 Å². The molecule has 5 unspecified atom stereocenters. The smallest absolute Gasteiger partial charge is 0.237 e. The number of carbonyl (C=O) groups excluding carboxylic acids is 1. The minimum atomic E-state index is -0.411. The molecule has 86 valence electrons. The van der Waals surface area contributed by atoms with Crippen molar-refractivity contribution in [1.82, 2.24) is 5.32 Å². The third kappa shape index (κ3) is 2.30. The molecule has 2 aliphatic carbocycles. The molecule has 0 aliphatic heterocycles. The summed E-state index contributed by atoms with van der Waals surface area (Å²) in [5.74, 6) is 2.47. The van der Waals surface area contributed by atoms with Crippen LogP contribution in [0.2, 0.25) is 0 Å². The molecular formula is C12H20ClNO. The average molecular weight is 230 g/mol. The summed E-state index contributed by atoms with van der Waals surface area (Å²) in [6, 6.07) is 0.300. The van der Waals surface area contributed by atoms with Crippen molar-refractivity contribution in [2.75, 3.05) is 0 Å². The van der Waals surface area contributed by atoms with Gasteiger partial charge in [-0.3, -0.25) is 4.79 Å². The summed E-state index contributed by atoms with van der Waals surface area (Å²) in [5, 5.41) is 2.62. The van der Waals surface area contributed by atoms with E-state index in [1.54, 1.807) is 6.92 Å². The van der Waals surface area contributed by atoms with Gasteiger partial charge < -0.3 is 5.32 Å². The standard InChI is InChI=1S/C12H20ClNO/c1-7(13)12(15)14-8(2)11-6-9-3-4-10(11)5-9/h7-11H,3-6H2,1-2H3,(H,14,15). The van der Waals surface area contributed by atoms with E-state index < -0.39 is 5.38 Å². The van der Waals surface area contributed by atoms with Crippen molar-refractivity contribution in [2.45, 2.75) is 50.9 Å². The quantitative estimate of drug-likeness (QED) is 0.741. The SMILES string of the molecule is CC(Cl)C(=O)NC(C)C1CC2CCC1C2. The molecule has 0 aromatic carbocycles. The first-order valence-electron chi connectivity index (χ1n) is 6.02. The Morgan fingerprint density at radius 2 is 2.07 bits per heavy atom. The molecule has 1 N–H and O–H groups in total. The van der Waals surface area contributed by atoms with Crippen LogP contribution in [0.3, 0.4) is 0 Å². The highest BCUT2D eigenvalue weighted by Crippen LogP contribution is 2.49. The predicted molar refractivity (Wildman–Crippen MR) is 61.9 cm³/mol. The van der Waals surface area contributed by atoms with E-state index in [0.29, 0.717) is 12.0 Å². The van der Waals surface area contributed by atoms with Gasteiger partial charge >= 0.3 is 0 Å². The first-order chi connectivity index (χ1) is 7.08. The van der Waals surface area contributed by atoms with Gasteiger partial charge in [0.2, 0.25) is 5.91 Å². The van der Waals surface area contributed by atoms with Crippen molar-refractivity contribution in [1.29, 1.82) is 0 Å². The molecule has 0 radical (unpaired) electrons. The molecule has 5 atom stereocenters. The predicted octanol–water partition coefficient (Wildman–Crippen LogP) is 2.55. The summed E-state index contributed by atoms with van der Waals surface area (Å²) in [7, 11) is 0. The summed E-state index contributed by atoms with van der Waals surface area (Å²) in [6.45, 7) is 3.85. The van der Waals surface area contributed by atoms with E-state index in [9.17, 15) is 4.79 Å². The molecule has 15 heavy (non-hydrogen) atoms. The highest BCUT2D eigenvalue weighted by atomic mass is 35.5. The lowest BCUT2D eigenvalue weighted by molar-refractivity contribution is -0.121. The fourth-order valence-corrected chi connectivity index (χ4v) is 3.42. The summed E-state index contributed by atoms with van der Waals surface area (Å²) < 4.78 is 0. The minimum absolute atomic E-state index is 0.0214. The zero-order chi connectivity index (χ0) is 11.0. The Morgan fingerprint density at radius 1 is 1.33 bits per heavy atom. The second-order valence-corrected chi connectivity index (χ2v) is 5.91. The van der Waals surface area contributed by atoms with Gasteiger partial charge in [0.15, 0.2) is 0 Å². The van der Waals surface area contributed by atoms with Gasteiger partial charge in [-0.05, 0) is 50.9 Å². The molecule has 2 aliphatic rings. The van der Waals surface area contributed by atoms with Crippen molar-refractivity contribution in [3.05, 3.63) is 0 Å². The molecular weight excluding hydrogens is 210 g/mol. The fraction of sp³-hybridized carbons (Fsp3) is 0.917. The third-order valence-corrected chi connectivity index (χ3v) is 4.36. The maximum atomic E-state index is 11.5. The fourth-order valence-electron chi connectivity index (χ4n) is 3.35. The Bertz CT molecular complexity index is 254. The van der Waals surface area contributed by atoms with Gasteiger partial charge in [-0.2, -0.15) is 0 Å². The zero-order valence-corrected chi connectivity index (χ0v) is 10.3. The molecule has 2 fully saturated rings. The highest BCUT2D eigenvalue weighted by Gasteiger charge is 2.42. The Morgan fingerprint density at radius 3 is 2.53 bits per heavy atom. The lowest BCUT2D eigenvalue weighted by Gasteiger charge is -2.28. The number of alkyl halides is 1. The van der Waals surface area contributed by atoms with Gasteiger partial charge in [0, 0.05) is 6.04 Å². The molecule has 2 saturated carbocycles. The number of hydrogen-bond acceptors (Lipinski definition) is 1. The molecule has 0 heterocycles. The Balaban J connectivity index is 1.86. The van der Waals surface area contributed by atoms with E-state index in [1.807, 2.05) is 0 Å². The molecule has 2 rings (SSSR count). The highest BCUT2D eigenvalue weighted by molar-refractivity contribution is 6.30. The van der Waals surface area contributed by atoms with Crippen LogP contribution >= 0.6 is 11.6 Å².